The highest BCUT2D eigenvalue weighted by atomic mass is 32.1. The van der Waals surface area contributed by atoms with Crippen LogP contribution < -0.4 is 10.2 Å². The molecular formula is C24H33F2N2O5PS. The molecule has 1 aromatic heterocycles. The van der Waals surface area contributed by atoms with Gasteiger partial charge in [-0.1, -0.05) is 53.8 Å². The Balaban J connectivity index is 1.72. The first-order valence-corrected chi connectivity index (χ1v) is 12.8. The minimum absolute atomic E-state index is 0.0372. The zero-order chi connectivity index (χ0) is 26.1. The number of hydrogen-bond acceptors (Lipinski definition) is 6. The van der Waals surface area contributed by atoms with Gasteiger partial charge in [0.25, 0.3) is 0 Å². The van der Waals surface area contributed by atoms with Gasteiger partial charge in [0.15, 0.2) is 5.82 Å². The lowest BCUT2D eigenvalue weighted by Gasteiger charge is -2.33. The molecule has 1 aromatic carbocycles. The summed E-state index contributed by atoms with van der Waals surface area (Å²) in [7, 11) is -0.270. The van der Waals surface area contributed by atoms with E-state index in [1.54, 1.807) is 0 Å². The number of aromatic nitrogens is 2. The minimum Gasteiger partial charge on any atom is -0.426 e. The third kappa shape index (κ3) is 6.54. The van der Waals surface area contributed by atoms with E-state index in [-0.39, 0.29) is 41.0 Å². The van der Waals surface area contributed by atoms with Gasteiger partial charge in [0.1, 0.15) is 16.2 Å². The average Bonchev–Trinajstić information content (AvgIpc) is 2.75. The van der Waals surface area contributed by atoms with Crippen molar-refractivity contribution in [1.82, 2.24) is 9.55 Å². The van der Waals surface area contributed by atoms with Crippen molar-refractivity contribution in [3.8, 4) is 5.75 Å². The molecule has 0 radical (unpaired) electrons. The van der Waals surface area contributed by atoms with Crippen molar-refractivity contribution < 1.29 is 27.1 Å². The summed E-state index contributed by atoms with van der Waals surface area (Å²) in [6.07, 6.45) is 1.03. The first kappa shape index (κ1) is 27.9. The maximum absolute atomic E-state index is 15.4. The van der Waals surface area contributed by atoms with Gasteiger partial charge in [0.05, 0.1) is 24.9 Å². The van der Waals surface area contributed by atoms with Gasteiger partial charge in [-0.15, -0.1) is 0 Å². The Kier molecular flexibility index (Phi) is 8.54. The number of hydrogen-bond donors (Lipinski definition) is 1. The van der Waals surface area contributed by atoms with Gasteiger partial charge in [-0.25, -0.2) is 13.6 Å². The monoisotopic (exact) mass is 530 g/mol. The van der Waals surface area contributed by atoms with Crippen LogP contribution in [0.2, 0.25) is 0 Å². The molecule has 2 aromatic rings. The summed E-state index contributed by atoms with van der Waals surface area (Å²) in [5.74, 6) is -0.521. The Morgan fingerprint density at radius 2 is 1.86 bits per heavy atom. The van der Waals surface area contributed by atoms with E-state index in [9.17, 15) is 9.18 Å². The molecule has 0 saturated carbocycles. The summed E-state index contributed by atoms with van der Waals surface area (Å²) < 4.78 is 53.1. The molecule has 0 spiro atoms. The van der Waals surface area contributed by atoms with Crippen molar-refractivity contribution in [3.63, 3.8) is 0 Å². The number of methoxy groups -OCH3 is 1. The molecule has 0 bridgehead atoms. The number of nitrogens with one attached hydrogen (secondary N) is 1. The number of nitrogens with zero attached hydrogens (tertiary/aromatic N) is 1. The van der Waals surface area contributed by atoms with E-state index in [2.05, 4.69) is 25.8 Å². The molecule has 3 rings (SSSR count). The second-order valence-electron chi connectivity index (χ2n) is 10.6. The SMILES string of the molecule is COC(CCn1cc(F)c(=S)[nH]c1=O)COP1OCc2c(F)c(C(C)(C)C)cc(C(C)(C)C)c2O1. The highest BCUT2D eigenvalue weighted by Crippen LogP contribution is 2.52. The van der Waals surface area contributed by atoms with Crippen LogP contribution in [0.3, 0.4) is 0 Å². The number of fused-ring (bicyclic) bond motifs is 1. The smallest absolute Gasteiger partial charge is 0.397 e. The van der Waals surface area contributed by atoms with Crippen LogP contribution in [0.25, 0.3) is 0 Å². The Labute approximate surface area is 210 Å². The maximum Gasteiger partial charge on any atom is 0.397 e. The third-order valence-electron chi connectivity index (χ3n) is 5.76. The number of ether oxygens (including phenoxy) is 1. The molecule has 1 aliphatic rings. The molecule has 0 amide bonds. The lowest BCUT2D eigenvalue weighted by atomic mass is 9.78. The molecule has 0 saturated heterocycles. The first-order chi connectivity index (χ1) is 16.2. The largest absolute Gasteiger partial charge is 0.426 e. The molecule has 2 heterocycles. The Morgan fingerprint density at radius 1 is 1.20 bits per heavy atom. The molecule has 11 heteroatoms. The van der Waals surface area contributed by atoms with Crippen LogP contribution in [0.15, 0.2) is 17.1 Å². The van der Waals surface area contributed by atoms with Crippen LogP contribution in [-0.2, 0) is 37.8 Å². The molecule has 35 heavy (non-hydrogen) atoms. The normalized spacial score (nSPS) is 17.1. The standard InChI is InChI=1S/C24H33F2N2O5PS/c1-23(2,3)16-10-17(24(4,5)6)20-15(19(16)26)13-32-34(33-20)31-12-14(30-7)8-9-28-11-18(25)21(35)27-22(28)29/h10-11,14H,8-9,12-13H2,1-7H3,(H,27,29,35). The van der Waals surface area contributed by atoms with Crippen LogP contribution >= 0.6 is 20.8 Å². The summed E-state index contributed by atoms with van der Waals surface area (Å²) in [6.45, 7) is 12.4. The van der Waals surface area contributed by atoms with Gasteiger partial charge >= 0.3 is 14.3 Å². The number of aryl methyl sites for hydroxylation is 1. The summed E-state index contributed by atoms with van der Waals surface area (Å²) >= 11 is 4.73. The van der Waals surface area contributed by atoms with Crippen molar-refractivity contribution in [2.45, 2.75) is 78.0 Å². The van der Waals surface area contributed by atoms with Crippen LogP contribution in [0, 0.1) is 16.3 Å². The maximum atomic E-state index is 15.4. The minimum atomic E-state index is -1.79. The van der Waals surface area contributed by atoms with E-state index in [1.165, 1.54) is 11.7 Å². The fraction of sp³-hybridized carbons (Fsp3) is 0.583. The number of rotatable bonds is 7. The van der Waals surface area contributed by atoms with Gasteiger partial charge in [-0.3, -0.25) is 18.6 Å². The zero-order valence-electron chi connectivity index (χ0n) is 21.2. The van der Waals surface area contributed by atoms with Gasteiger partial charge < -0.3 is 9.26 Å². The quantitative estimate of drug-likeness (QED) is 0.348. The number of aromatic amines is 1. The lowest BCUT2D eigenvalue weighted by molar-refractivity contribution is 0.0396. The van der Waals surface area contributed by atoms with Crippen molar-refractivity contribution in [2.75, 3.05) is 13.7 Å². The molecule has 194 valence electrons. The molecular weight excluding hydrogens is 497 g/mol. The Bertz CT molecular complexity index is 1190. The predicted molar refractivity (Wildman–Crippen MR) is 133 cm³/mol. The predicted octanol–water partition coefficient (Wildman–Crippen LogP) is 6.04. The van der Waals surface area contributed by atoms with Crippen LogP contribution in [0.1, 0.15) is 64.7 Å². The van der Waals surface area contributed by atoms with E-state index in [0.717, 1.165) is 11.8 Å². The van der Waals surface area contributed by atoms with E-state index >= 15 is 4.39 Å². The fourth-order valence-electron chi connectivity index (χ4n) is 3.66. The average molecular weight is 531 g/mol. The van der Waals surface area contributed by atoms with Gasteiger partial charge in [-0.2, -0.15) is 0 Å². The Hall–Kier alpha value is -1.71. The molecule has 2 atom stereocenters. The first-order valence-electron chi connectivity index (χ1n) is 11.3. The van der Waals surface area contributed by atoms with Gasteiger partial charge in [0, 0.05) is 25.4 Å². The van der Waals surface area contributed by atoms with E-state index in [1.807, 2.05) is 26.8 Å². The summed E-state index contributed by atoms with van der Waals surface area (Å²) in [4.78, 5) is 14.3. The highest BCUT2D eigenvalue weighted by molar-refractivity contribution is 7.71. The number of benzene rings is 1. The molecule has 1 N–H and O–H groups in total. The van der Waals surface area contributed by atoms with E-state index < -0.39 is 26.2 Å². The topological polar surface area (TPSA) is 74.7 Å². The van der Waals surface area contributed by atoms with Gasteiger partial charge in [0.2, 0.25) is 0 Å². The number of halogens is 2. The Morgan fingerprint density at radius 3 is 2.46 bits per heavy atom. The second-order valence-corrected chi connectivity index (χ2v) is 12.1. The van der Waals surface area contributed by atoms with Crippen molar-refractivity contribution in [1.29, 1.82) is 0 Å². The molecule has 1 aliphatic heterocycles. The highest BCUT2D eigenvalue weighted by Gasteiger charge is 2.35. The lowest BCUT2D eigenvalue weighted by Crippen LogP contribution is -2.27. The molecule has 0 aliphatic carbocycles. The zero-order valence-corrected chi connectivity index (χ0v) is 22.9. The molecule has 0 fully saturated rings. The molecule has 2 unspecified atom stereocenters. The van der Waals surface area contributed by atoms with E-state index in [4.69, 9.17) is 30.5 Å². The summed E-state index contributed by atoms with van der Waals surface area (Å²) in [5, 5.41) is 0. The van der Waals surface area contributed by atoms with Crippen LogP contribution in [0.4, 0.5) is 8.78 Å². The third-order valence-corrected chi connectivity index (χ3v) is 7.09. The van der Waals surface area contributed by atoms with Crippen molar-refractivity contribution >= 4 is 20.8 Å². The van der Waals surface area contributed by atoms with Crippen molar-refractivity contribution in [2.24, 2.45) is 0 Å². The van der Waals surface area contributed by atoms with E-state index in [0.29, 0.717) is 23.3 Å². The fourth-order valence-corrected chi connectivity index (χ4v) is 4.86. The van der Waals surface area contributed by atoms with Crippen molar-refractivity contribution in [3.05, 3.63) is 55.7 Å². The number of H-pyrrole nitrogens is 1. The summed E-state index contributed by atoms with van der Waals surface area (Å²) in [5.41, 5.74) is 0.745. The summed E-state index contributed by atoms with van der Waals surface area (Å²) in [6, 6.07) is 1.88. The van der Waals surface area contributed by atoms with Crippen LogP contribution in [0.5, 0.6) is 5.75 Å². The molecule has 7 nitrogen and oxygen atoms in total. The van der Waals surface area contributed by atoms with Gasteiger partial charge in [-0.05, 0) is 28.9 Å². The van der Waals surface area contributed by atoms with Crippen LogP contribution in [-0.4, -0.2) is 29.4 Å². The second kappa shape index (κ2) is 10.7.